The summed E-state index contributed by atoms with van der Waals surface area (Å²) in [5.41, 5.74) is 0. The predicted octanol–water partition coefficient (Wildman–Crippen LogP) is 0.511. The molecule has 1 unspecified atom stereocenters. The van der Waals surface area contributed by atoms with E-state index in [1.165, 1.54) is 0 Å². The number of nitrogens with one attached hydrogen (secondary N) is 1. The zero-order valence-electron chi connectivity index (χ0n) is 9.66. The van der Waals surface area contributed by atoms with Crippen LogP contribution in [0.5, 0.6) is 0 Å². The maximum Gasteiger partial charge on any atom is 0.228 e. The number of amides is 1. The van der Waals surface area contributed by atoms with Crippen molar-refractivity contribution in [3.63, 3.8) is 0 Å². The van der Waals surface area contributed by atoms with Crippen LogP contribution in [0.15, 0.2) is 0 Å². The van der Waals surface area contributed by atoms with Crippen LogP contribution in [0.1, 0.15) is 13.8 Å². The van der Waals surface area contributed by atoms with E-state index < -0.39 is 0 Å². The SMILES string of the molecule is COCC(C)C(=O)N1CCNC[C@@H]1C.Cl. The standard InChI is InChI=1S/C10H20N2O2.ClH/c1-8(7-14-3)10(13)12-5-4-11-6-9(12)2;/h8-9,11H,4-7H2,1-3H3;1H/t8?,9-;/m0./s1. The highest BCUT2D eigenvalue weighted by Gasteiger charge is 2.26. The van der Waals surface area contributed by atoms with Crippen LogP contribution in [-0.2, 0) is 9.53 Å². The van der Waals surface area contributed by atoms with Gasteiger partial charge in [-0.3, -0.25) is 4.79 Å². The molecule has 1 saturated heterocycles. The van der Waals surface area contributed by atoms with Gasteiger partial charge in [0.1, 0.15) is 0 Å². The van der Waals surface area contributed by atoms with Crippen LogP contribution >= 0.6 is 12.4 Å². The van der Waals surface area contributed by atoms with E-state index in [4.69, 9.17) is 4.74 Å². The van der Waals surface area contributed by atoms with Crippen molar-refractivity contribution in [3.05, 3.63) is 0 Å². The van der Waals surface area contributed by atoms with Gasteiger partial charge in [0.15, 0.2) is 0 Å². The van der Waals surface area contributed by atoms with E-state index in [0.29, 0.717) is 12.6 Å². The third kappa shape index (κ3) is 3.97. The van der Waals surface area contributed by atoms with Crippen molar-refractivity contribution in [2.75, 3.05) is 33.4 Å². The van der Waals surface area contributed by atoms with Crippen LogP contribution < -0.4 is 5.32 Å². The molecule has 2 atom stereocenters. The summed E-state index contributed by atoms with van der Waals surface area (Å²) >= 11 is 0. The van der Waals surface area contributed by atoms with Gasteiger partial charge < -0.3 is 15.0 Å². The number of piperazine rings is 1. The summed E-state index contributed by atoms with van der Waals surface area (Å²) in [7, 11) is 1.63. The largest absolute Gasteiger partial charge is 0.384 e. The van der Waals surface area contributed by atoms with E-state index in [1.54, 1.807) is 7.11 Å². The zero-order chi connectivity index (χ0) is 10.6. The Balaban J connectivity index is 0.00000196. The number of rotatable bonds is 3. The smallest absolute Gasteiger partial charge is 0.228 e. The van der Waals surface area contributed by atoms with Gasteiger partial charge in [-0.15, -0.1) is 12.4 Å². The van der Waals surface area contributed by atoms with E-state index in [9.17, 15) is 4.79 Å². The molecule has 90 valence electrons. The topological polar surface area (TPSA) is 41.6 Å². The quantitative estimate of drug-likeness (QED) is 0.777. The average molecular weight is 237 g/mol. The van der Waals surface area contributed by atoms with Gasteiger partial charge >= 0.3 is 0 Å². The second-order valence-corrected chi connectivity index (χ2v) is 3.94. The molecule has 1 N–H and O–H groups in total. The molecular weight excluding hydrogens is 216 g/mol. The van der Waals surface area contributed by atoms with Crippen molar-refractivity contribution < 1.29 is 9.53 Å². The third-order valence-corrected chi connectivity index (χ3v) is 2.62. The van der Waals surface area contributed by atoms with Crippen LogP contribution in [0.3, 0.4) is 0 Å². The first-order valence-corrected chi connectivity index (χ1v) is 5.17. The Morgan fingerprint density at radius 1 is 1.67 bits per heavy atom. The van der Waals surface area contributed by atoms with Crippen molar-refractivity contribution >= 4 is 18.3 Å². The van der Waals surface area contributed by atoms with Crippen LogP contribution in [0.4, 0.5) is 0 Å². The predicted molar refractivity (Wildman–Crippen MR) is 62.3 cm³/mol. The van der Waals surface area contributed by atoms with Gasteiger partial charge in [0, 0.05) is 32.8 Å². The number of carbonyl (C=O) groups excluding carboxylic acids is 1. The van der Waals surface area contributed by atoms with Crippen LogP contribution in [0.25, 0.3) is 0 Å². The highest BCUT2D eigenvalue weighted by Crippen LogP contribution is 2.09. The lowest BCUT2D eigenvalue weighted by molar-refractivity contribution is -0.139. The van der Waals surface area contributed by atoms with Gasteiger partial charge in [-0.1, -0.05) is 6.92 Å². The van der Waals surface area contributed by atoms with E-state index in [1.807, 2.05) is 11.8 Å². The Bertz CT molecular complexity index is 202. The molecule has 0 aromatic heterocycles. The Labute approximate surface area is 97.8 Å². The molecule has 0 spiro atoms. The summed E-state index contributed by atoms with van der Waals surface area (Å²) in [5.74, 6) is 0.182. The minimum Gasteiger partial charge on any atom is -0.384 e. The molecule has 1 aliphatic rings. The fraction of sp³-hybridized carbons (Fsp3) is 0.900. The molecule has 0 bridgehead atoms. The van der Waals surface area contributed by atoms with Crippen molar-refractivity contribution in [1.82, 2.24) is 10.2 Å². The molecule has 0 aromatic rings. The Morgan fingerprint density at radius 3 is 2.87 bits per heavy atom. The summed E-state index contributed by atoms with van der Waals surface area (Å²) in [6.45, 7) is 7.11. The molecule has 0 aliphatic carbocycles. The maximum atomic E-state index is 11.9. The summed E-state index contributed by atoms with van der Waals surface area (Å²) in [4.78, 5) is 13.9. The van der Waals surface area contributed by atoms with Crippen molar-refractivity contribution in [2.45, 2.75) is 19.9 Å². The van der Waals surface area contributed by atoms with Gasteiger partial charge in [-0.2, -0.15) is 0 Å². The van der Waals surface area contributed by atoms with Gasteiger partial charge in [0.05, 0.1) is 12.5 Å². The average Bonchev–Trinajstić information content (AvgIpc) is 2.18. The molecule has 0 saturated carbocycles. The number of halogens is 1. The number of hydrogen-bond donors (Lipinski definition) is 1. The van der Waals surface area contributed by atoms with Crippen molar-refractivity contribution in [2.24, 2.45) is 5.92 Å². The molecule has 1 rings (SSSR count). The highest BCUT2D eigenvalue weighted by molar-refractivity contribution is 5.85. The van der Waals surface area contributed by atoms with Gasteiger partial charge in [0.25, 0.3) is 0 Å². The number of nitrogens with zero attached hydrogens (tertiary/aromatic N) is 1. The molecule has 1 fully saturated rings. The molecule has 4 nitrogen and oxygen atoms in total. The molecule has 1 amide bonds. The van der Waals surface area contributed by atoms with E-state index in [-0.39, 0.29) is 24.2 Å². The Kier molecular flexibility index (Phi) is 6.89. The Hall–Kier alpha value is -0.320. The van der Waals surface area contributed by atoms with Crippen LogP contribution in [0, 0.1) is 5.92 Å². The lowest BCUT2D eigenvalue weighted by Gasteiger charge is -2.35. The summed E-state index contributed by atoms with van der Waals surface area (Å²) < 4.78 is 4.99. The summed E-state index contributed by atoms with van der Waals surface area (Å²) in [6.07, 6.45) is 0. The molecule has 1 aliphatic heterocycles. The first kappa shape index (κ1) is 14.7. The molecule has 5 heteroatoms. The number of ether oxygens (including phenoxy) is 1. The molecule has 1 heterocycles. The molecular formula is C10H21ClN2O2. The fourth-order valence-electron chi connectivity index (χ4n) is 1.77. The second kappa shape index (κ2) is 7.04. The number of carbonyl (C=O) groups is 1. The maximum absolute atomic E-state index is 11.9. The van der Waals surface area contributed by atoms with Crippen LogP contribution in [0.2, 0.25) is 0 Å². The highest BCUT2D eigenvalue weighted by atomic mass is 35.5. The summed E-state index contributed by atoms with van der Waals surface area (Å²) in [5, 5.41) is 3.27. The van der Waals surface area contributed by atoms with E-state index >= 15 is 0 Å². The summed E-state index contributed by atoms with van der Waals surface area (Å²) in [6, 6.07) is 0.301. The van der Waals surface area contributed by atoms with Crippen LogP contribution in [-0.4, -0.2) is 50.2 Å². The Morgan fingerprint density at radius 2 is 2.33 bits per heavy atom. The minimum atomic E-state index is -0.0273. The monoisotopic (exact) mass is 236 g/mol. The first-order valence-electron chi connectivity index (χ1n) is 5.17. The number of hydrogen-bond acceptors (Lipinski definition) is 3. The zero-order valence-corrected chi connectivity index (χ0v) is 10.5. The lowest BCUT2D eigenvalue weighted by Crippen LogP contribution is -2.53. The first-order chi connectivity index (χ1) is 6.66. The minimum absolute atomic E-state index is 0. The van der Waals surface area contributed by atoms with Gasteiger partial charge in [-0.05, 0) is 6.92 Å². The lowest BCUT2D eigenvalue weighted by atomic mass is 10.1. The van der Waals surface area contributed by atoms with E-state index in [2.05, 4.69) is 12.2 Å². The number of methoxy groups -OCH3 is 1. The third-order valence-electron chi connectivity index (χ3n) is 2.62. The fourth-order valence-corrected chi connectivity index (χ4v) is 1.77. The van der Waals surface area contributed by atoms with Gasteiger partial charge in [0.2, 0.25) is 5.91 Å². The normalized spacial score (nSPS) is 23.1. The molecule has 15 heavy (non-hydrogen) atoms. The van der Waals surface area contributed by atoms with Crippen molar-refractivity contribution in [1.29, 1.82) is 0 Å². The van der Waals surface area contributed by atoms with Crippen molar-refractivity contribution in [3.8, 4) is 0 Å². The van der Waals surface area contributed by atoms with E-state index in [0.717, 1.165) is 19.6 Å². The van der Waals surface area contributed by atoms with Gasteiger partial charge in [-0.25, -0.2) is 0 Å². The molecule has 0 aromatic carbocycles. The molecule has 0 radical (unpaired) electrons. The second-order valence-electron chi connectivity index (χ2n) is 3.94.